The molecule has 132 valence electrons. The number of benzene rings is 2. The van der Waals surface area contributed by atoms with Crippen LogP contribution in [0.25, 0.3) is 10.4 Å². The van der Waals surface area contributed by atoms with E-state index in [-0.39, 0.29) is 18.1 Å². The maximum atomic E-state index is 12.2. The number of hydrogen-bond donors (Lipinski definition) is 2. The molecule has 3 N–H and O–H groups in total. The van der Waals surface area contributed by atoms with Crippen LogP contribution in [0.1, 0.15) is 15.9 Å². The smallest absolute Gasteiger partial charge is 0.262 e. The van der Waals surface area contributed by atoms with Crippen molar-refractivity contribution < 1.29 is 14.3 Å². The van der Waals surface area contributed by atoms with Crippen molar-refractivity contribution in [2.75, 3.05) is 11.9 Å². The number of hydrogen-bond acceptors (Lipinski definition) is 4. The van der Waals surface area contributed by atoms with E-state index < -0.39 is 5.91 Å². The minimum absolute atomic E-state index is 0.153. The summed E-state index contributed by atoms with van der Waals surface area (Å²) in [5, 5.41) is 3.14. The van der Waals surface area contributed by atoms with E-state index in [9.17, 15) is 9.59 Å². The molecule has 0 aliphatic heterocycles. The van der Waals surface area contributed by atoms with Gasteiger partial charge in [0.1, 0.15) is 10.8 Å². The Hall–Kier alpha value is -3.12. The number of nitrogens with one attached hydrogen (secondary N) is 1. The van der Waals surface area contributed by atoms with E-state index in [0.29, 0.717) is 10.8 Å². The third kappa shape index (κ3) is 4.29. The molecular formula is C20H18N2O3S. The molecule has 0 spiro atoms. The lowest BCUT2D eigenvalue weighted by molar-refractivity contribution is -0.118. The molecule has 0 fully saturated rings. The molecule has 5 nitrogen and oxygen atoms in total. The highest BCUT2D eigenvalue weighted by atomic mass is 32.1. The van der Waals surface area contributed by atoms with Crippen molar-refractivity contribution in [2.45, 2.75) is 6.92 Å². The van der Waals surface area contributed by atoms with Gasteiger partial charge >= 0.3 is 0 Å². The van der Waals surface area contributed by atoms with Gasteiger partial charge in [-0.3, -0.25) is 9.59 Å². The van der Waals surface area contributed by atoms with Crippen LogP contribution >= 0.6 is 11.3 Å². The second-order valence-electron chi connectivity index (χ2n) is 5.73. The quantitative estimate of drug-likeness (QED) is 0.695. The average molecular weight is 366 g/mol. The fourth-order valence-electron chi connectivity index (χ4n) is 2.36. The minimum Gasteiger partial charge on any atom is -0.484 e. The number of nitrogens with two attached hydrogens (primary N) is 1. The zero-order valence-corrected chi connectivity index (χ0v) is 15.0. The van der Waals surface area contributed by atoms with E-state index in [1.54, 1.807) is 18.2 Å². The Bertz CT molecular complexity index is 918. The van der Waals surface area contributed by atoms with E-state index >= 15 is 0 Å². The number of carbonyl (C=O) groups excluding carboxylic acids is 2. The predicted octanol–water partition coefficient (Wildman–Crippen LogP) is 3.84. The van der Waals surface area contributed by atoms with Gasteiger partial charge in [-0.05, 0) is 30.7 Å². The van der Waals surface area contributed by atoms with Crippen LogP contribution in [0.4, 0.5) is 5.00 Å². The highest BCUT2D eigenvalue weighted by molar-refractivity contribution is 7.20. The number of amides is 2. The van der Waals surface area contributed by atoms with Crippen LogP contribution in [0.15, 0.2) is 60.7 Å². The molecule has 0 atom stereocenters. The first kappa shape index (κ1) is 17.7. The van der Waals surface area contributed by atoms with Gasteiger partial charge in [-0.1, -0.05) is 48.0 Å². The van der Waals surface area contributed by atoms with Gasteiger partial charge in [-0.15, -0.1) is 11.3 Å². The van der Waals surface area contributed by atoms with Crippen LogP contribution in [0.5, 0.6) is 5.75 Å². The van der Waals surface area contributed by atoms with E-state index in [0.717, 1.165) is 16.0 Å². The highest BCUT2D eigenvalue weighted by Crippen LogP contribution is 2.35. The van der Waals surface area contributed by atoms with Gasteiger partial charge in [0, 0.05) is 4.88 Å². The largest absolute Gasteiger partial charge is 0.484 e. The molecule has 0 bridgehead atoms. The Morgan fingerprint density at radius 1 is 1.08 bits per heavy atom. The van der Waals surface area contributed by atoms with Crippen molar-refractivity contribution in [1.82, 2.24) is 0 Å². The van der Waals surface area contributed by atoms with Crippen LogP contribution in [-0.2, 0) is 4.79 Å². The highest BCUT2D eigenvalue weighted by Gasteiger charge is 2.17. The van der Waals surface area contributed by atoms with Gasteiger partial charge < -0.3 is 15.8 Å². The zero-order valence-electron chi connectivity index (χ0n) is 14.2. The van der Waals surface area contributed by atoms with Crippen molar-refractivity contribution >= 4 is 28.2 Å². The molecule has 0 unspecified atom stereocenters. The molecule has 0 saturated heterocycles. The third-order valence-corrected chi connectivity index (χ3v) is 4.80. The molecule has 1 heterocycles. The lowest BCUT2D eigenvalue weighted by Gasteiger charge is -2.07. The Morgan fingerprint density at radius 3 is 2.42 bits per heavy atom. The molecule has 1 aromatic heterocycles. The number of primary amides is 1. The summed E-state index contributed by atoms with van der Waals surface area (Å²) in [6.45, 7) is 1.82. The Balaban J connectivity index is 1.71. The molecule has 3 aromatic rings. The SMILES string of the molecule is Cc1ccc(OCC(=O)Nc2sc(-c3ccccc3)cc2C(N)=O)cc1. The summed E-state index contributed by atoms with van der Waals surface area (Å²) >= 11 is 1.30. The molecule has 0 radical (unpaired) electrons. The van der Waals surface area contributed by atoms with Crippen molar-refractivity contribution in [3.05, 3.63) is 71.8 Å². The number of thiophene rings is 1. The monoisotopic (exact) mass is 366 g/mol. The summed E-state index contributed by atoms with van der Waals surface area (Å²) in [6, 6.07) is 18.7. The molecule has 0 aliphatic carbocycles. The molecule has 6 heteroatoms. The van der Waals surface area contributed by atoms with Crippen molar-refractivity contribution in [1.29, 1.82) is 0 Å². The number of anilines is 1. The average Bonchev–Trinajstić information content (AvgIpc) is 3.06. The fraction of sp³-hybridized carbons (Fsp3) is 0.100. The standard InChI is InChI=1S/C20H18N2O3S/c1-13-7-9-15(10-8-13)25-12-18(23)22-20-16(19(21)24)11-17(26-20)14-5-3-2-4-6-14/h2-11H,12H2,1H3,(H2,21,24)(H,22,23). The van der Waals surface area contributed by atoms with Gasteiger partial charge in [-0.25, -0.2) is 0 Å². The minimum atomic E-state index is -0.585. The van der Waals surface area contributed by atoms with Crippen molar-refractivity contribution in [3.8, 4) is 16.2 Å². The number of aryl methyl sites for hydroxylation is 1. The van der Waals surface area contributed by atoms with Gasteiger partial charge in [0.15, 0.2) is 6.61 Å². The van der Waals surface area contributed by atoms with E-state index in [4.69, 9.17) is 10.5 Å². The van der Waals surface area contributed by atoms with E-state index in [2.05, 4.69) is 5.32 Å². The first-order valence-corrected chi connectivity index (χ1v) is 8.83. The maximum absolute atomic E-state index is 12.2. The van der Waals surface area contributed by atoms with Crippen LogP contribution in [0.2, 0.25) is 0 Å². The van der Waals surface area contributed by atoms with Gasteiger partial charge in [0.25, 0.3) is 11.8 Å². The molecule has 0 saturated carbocycles. The second kappa shape index (κ2) is 7.84. The maximum Gasteiger partial charge on any atom is 0.262 e. The van der Waals surface area contributed by atoms with Crippen LogP contribution < -0.4 is 15.8 Å². The fourth-order valence-corrected chi connectivity index (χ4v) is 3.44. The predicted molar refractivity (Wildman–Crippen MR) is 104 cm³/mol. The summed E-state index contributed by atoms with van der Waals surface area (Å²) in [5.74, 6) is -0.329. The molecule has 2 aromatic carbocycles. The normalized spacial score (nSPS) is 10.3. The number of rotatable bonds is 6. The van der Waals surface area contributed by atoms with Crippen molar-refractivity contribution in [2.24, 2.45) is 5.73 Å². The summed E-state index contributed by atoms with van der Waals surface area (Å²) in [4.78, 5) is 24.8. The Morgan fingerprint density at radius 2 is 1.77 bits per heavy atom. The first-order chi connectivity index (χ1) is 12.5. The summed E-state index contributed by atoms with van der Waals surface area (Å²) < 4.78 is 5.46. The lowest BCUT2D eigenvalue weighted by atomic mass is 10.1. The van der Waals surface area contributed by atoms with Crippen molar-refractivity contribution in [3.63, 3.8) is 0 Å². The molecule has 0 aliphatic rings. The number of ether oxygens (including phenoxy) is 1. The second-order valence-corrected chi connectivity index (χ2v) is 6.79. The summed E-state index contributed by atoms with van der Waals surface area (Å²) in [6.07, 6.45) is 0. The summed E-state index contributed by atoms with van der Waals surface area (Å²) in [7, 11) is 0. The summed E-state index contributed by atoms with van der Waals surface area (Å²) in [5.41, 5.74) is 7.80. The van der Waals surface area contributed by atoms with Gasteiger partial charge in [0.05, 0.1) is 5.56 Å². The Labute approximate surface area is 155 Å². The van der Waals surface area contributed by atoms with Gasteiger partial charge in [0.2, 0.25) is 0 Å². The lowest BCUT2D eigenvalue weighted by Crippen LogP contribution is -2.21. The first-order valence-electron chi connectivity index (χ1n) is 8.01. The zero-order chi connectivity index (χ0) is 18.5. The number of carbonyl (C=O) groups is 2. The van der Waals surface area contributed by atoms with Crippen LogP contribution in [0.3, 0.4) is 0 Å². The van der Waals surface area contributed by atoms with Gasteiger partial charge in [-0.2, -0.15) is 0 Å². The topological polar surface area (TPSA) is 81.4 Å². The Kier molecular flexibility index (Phi) is 5.34. The van der Waals surface area contributed by atoms with E-state index in [1.165, 1.54) is 11.3 Å². The molecule has 2 amide bonds. The van der Waals surface area contributed by atoms with Crippen LogP contribution in [-0.4, -0.2) is 18.4 Å². The molecular weight excluding hydrogens is 348 g/mol. The molecule has 26 heavy (non-hydrogen) atoms. The molecule has 3 rings (SSSR count). The van der Waals surface area contributed by atoms with Crippen LogP contribution in [0, 0.1) is 6.92 Å². The third-order valence-electron chi connectivity index (χ3n) is 3.70. The van der Waals surface area contributed by atoms with E-state index in [1.807, 2.05) is 49.4 Å².